The molecule has 0 fully saturated rings. The maximum Gasteiger partial charge on any atom is 0.231 e. The number of nitrogens with two attached hydrogens (primary N) is 1. The van der Waals surface area contributed by atoms with Crippen LogP contribution < -0.4 is 10.5 Å². The minimum Gasteiger partial charge on any atom is -0.399 e. The third kappa shape index (κ3) is 3.18. The van der Waals surface area contributed by atoms with Crippen LogP contribution in [0.4, 0.5) is 10.8 Å². The highest BCUT2D eigenvalue weighted by Gasteiger charge is 2.08. The Morgan fingerprint density at radius 2 is 1.94 bits per heavy atom. The van der Waals surface area contributed by atoms with E-state index in [0.29, 0.717) is 10.8 Å². The Balaban J connectivity index is 2.27. The van der Waals surface area contributed by atoms with Crippen molar-refractivity contribution in [2.24, 2.45) is 0 Å². The summed E-state index contributed by atoms with van der Waals surface area (Å²) in [5.41, 5.74) is 7.89. The lowest BCUT2D eigenvalue weighted by Crippen LogP contribution is -2.08. The van der Waals surface area contributed by atoms with Gasteiger partial charge in [-0.1, -0.05) is 12.1 Å². The molecule has 1 heterocycles. The van der Waals surface area contributed by atoms with E-state index in [1.807, 2.05) is 12.1 Å². The molecule has 0 unspecified atom stereocenters. The standard InChI is InChI=1S/C10H11N3O2S2/c1-17(14,15)13-10-12-9(6-16-10)7-2-4-8(11)5-3-7/h2-6H,11H2,1H3,(H,12,13). The minimum atomic E-state index is -3.27. The number of benzene rings is 1. The summed E-state index contributed by atoms with van der Waals surface area (Å²) in [6, 6.07) is 7.24. The van der Waals surface area contributed by atoms with E-state index in [4.69, 9.17) is 5.73 Å². The van der Waals surface area contributed by atoms with Crippen molar-refractivity contribution in [2.45, 2.75) is 0 Å². The molecule has 17 heavy (non-hydrogen) atoms. The second kappa shape index (κ2) is 4.34. The third-order valence-corrected chi connectivity index (χ3v) is 3.43. The molecule has 5 nitrogen and oxygen atoms in total. The summed E-state index contributed by atoms with van der Waals surface area (Å²) in [5, 5.41) is 2.15. The monoisotopic (exact) mass is 269 g/mol. The van der Waals surface area contributed by atoms with Crippen LogP contribution in [-0.4, -0.2) is 19.7 Å². The zero-order valence-electron chi connectivity index (χ0n) is 9.04. The molecule has 1 aromatic heterocycles. The van der Waals surface area contributed by atoms with Gasteiger partial charge in [0.2, 0.25) is 10.0 Å². The Morgan fingerprint density at radius 3 is 2.53 bits per heavy atom. The molecule has 0 spiro atoms. The van der Waals surface area contributed by atoms with E-state index in [2.05, 4.69) is 9.71 Å². The summed E-state index contributed by atoms with van der Waals surface area (Å²) in [6.07, 6.45) is 1.09. The van der Waals surface area contributed by atoms with Gasteiger partial charge in [-0.3, -0.25) is 4.72 Å². The van der Waals surface area contributed by atoms with Crippen molar-refractivity contribution in [1.29, 1.82) is 0 Å². The van der Waals surface area contributed by atoms with Crippen LogP contribution in [0.15, 0.2) is 29.6 Å². The SMILES string of the molecule is CS(=O)(=O)Nc1nc(-c2ccc(N)cc2)cs1. The van der Waals surface area contributed by atoms with Gasteiger partial charge in [0.05, 0.1) is 11.9 Å². The topological polar surface area (TPSA) is 85.1 Å². The molecule has 0 aliphatic rings. The van der Waals surface area contributed by atoms with Crippen LogP contribution in [0.5, 0.6) is 0 Å². The average Bonchev–Trinajstić information content (AvgIpc) is 2.64. The fourth-order valence-electron chi connectivity index (χ4n) is 1.27. The smallest absolute Gasteiger partial charge is 0.231 e. The first-order valence-electron chi connectivity index (χ1n) is 4.73. The van der Waals surface area contributed by atoms with Crippen molar-refractivity contribution in [3.63, 3.8) is 0 Å². The van der Waals surface area contributed by atoms with E-state index in [1.165, 1.54) is 11.3 Å². The molecule has 2 aromatic rings. The summed E-state index contributed by atoms with van der Waals surface area (Å²) < 4.78 is 24.4. The fraction of sp³-hybridized carbons (Fsp3) is 0.100. The quantitative estimate of drug-likeness (QED) is 0.831. The molecule has 3 N–H and O–H groups in total. The van der Waals surface area contributed by atoms with Gasteiger partial charge in [-0.25, -0.2) is 13.4 Å². The number of aromatic nitrogens is 1. The summed E-state index contributed by atoms with van der Waals surface area (Å²) in [4.78, 5) is 4.18. The second-order valence-electron chi connectivity index (χ2n) is 3.53. The third-order valence-electron chi connectivity index (χ3n) is 1.98. The van der Waals surface area contributed by atoms with Crippen molar-refractivity contribution in [2.75, 3.05) is 16.7 Å². The number of hydrogen-bond donors (Lipinski definition) is 2. The van der Waals surface area contributed by atoms with Gasteiger partial charge >= 0.3 is 0 Å². The zero-order valence-corrected chi connectivity index (χ0v) is 10.7. The van der Waals surface area contributed by atoms with Crippen molar-refractivity contribution in [1.82, 2.24) is 4.98 Å². The van der Waals surface area contributed by atoms with Gasteiger partial charge in [0, 0.05) is 16.6 Å². The molecule has 0 radical (unpaired) electrons. The van der Waals surface area contributed by atoms with Gasteiger partial charge in [-0.15, -0.1) is 11.3 Å². The van der Waals surface area contributed by atoms with Gasteiger partial charge < -0.3 is 5.73 Å². The molecule has 2 rings (SSSR count). The van der Waals surface area contributed by atoms with Crippen LogP contribution in [0, 0.1) is 0 Å². The molecule has 90 valence electrons. The molecule has 0 aliphatic carbocycles. The van der Waals surface area contributed by atoms with Crippen LogP contribution in [-0.2, 0) is 10.0 Å². The number of anilines is 2. The van der Waals surface area contributed by atoms with E-state index in [-0.39, 0.29) is 0 Å². The van der Waals surface area contributed by atoms with Gasteiger partial charge in [-0.05, 0) is 12.1 Å². The Morgan fingerprint density at radius 1 is 1.29 bits per heavy atom. The molecule has 0 saturated carbocycles. The first-order valence-corrected chi connectivity index (χ1v) is 7.50. The van der Waals surface area contributed by atoms with Gasteiger partial charge in [0.1, 0.15) is 0 Å². The minimum absolute atomic E-state index is 0.360. The molecule has 1 aromatic carbocycles. The van der Waals surface area contributed by atoms with E-state index in [0.717, 1.165) is 17.5 Å². The van der Waals surface area contributed by atoms with E-state index < -0.39 is 10.0 Å². The van der Waals surface area contributed by atoms with Crippen LogP contribution in [0.1, 0.15) is 0 Å². The number of nitrogen functional groups attached to an aromatic ring is 1. The highest BCUT2D eigenvalue weighted by molar-refractivity contribution is 7.92. The van der Waals surface area contributed by atoms with Crippen molar-refractivity contribution >= 4 is 32.2 Å². The largest absolute Gasteiger partial charge is 0.399 e. The summed E-state index contributed by atoms with van der Waals surface area (Å²) in [7, 11) is -3.27. The van der Waals surface area contributed by atoms with E-state index >= 15 is 0 Å². The van der Waals surface area contributed by atoms with Crippen molar-refractivity contribution in [3.8, 4) is 11.3 Å². The lowest BCUT2D eigenvalue weighted by Gasteiger charge is -1.98. The number of hydrogen-bond acceptors (Lipinski definition) is 5. The van der Waals surface area contributed by atoms with E-state index in [9.17, 15) is 8.42 Å². The average molecular weight is 269 g/mol. The number of nitrogens with one attached hydrogen (secondary N) is 1. The van der Waals surface area contributed by atoms with E-state index in [1.54, 1.807) is 17.5 Å². The Kier molecular flexibility index (Phi) is 3.03. The summed E-state index contributed by atoms with van der Waals surface area (Å²) >= 11 is 1.24. The Labute approximate surface area is 103 Å². The zero-order chi connectivity index (χ0) is 12.5. The molecular formula is C10H11N3O2S2. The van der Waals surface area contributed by atoms with Gasteiger partial charge in [-0.2, -0.15) is 0 Å². The summed E-state index contributed by atoms with van der Waals surface area (Å²) in [6.45, 7) is 0. The first-order chi connectivity index (χ1) is 7.94. The Hall–Kier alpha value is -1.60. The molecule has 0 aliphatic heterocycles. The van der Waals surface area contributed by atoms with Crippen LogP contribution in [0.3, 0.4) is 0 Å². The molecule has 0 bridgehead atoms. The first kappa shape index (κ1) is 11.9. The van der Waals surface area contributed by atoms with Crippen LogP contribution in [0.25, 0.3) is 11.3 Å². The van der Waals surface area contributed by atoms with Crippen molar-refractivity contribution < 1.29 is 8.42 Å². The number of rotatable bonds is 3. The maximum absolute atomic E-state index is 11.0. The fourth-order valence-corrected chi connectivity index (χ4v) is 2.84. The number of thiazole rings is 1. The Bertz CT molecular complexity index is 617. The highest BCUT2D eigenvalue weighted by Crippen LogP contribution is 2.25. The lowest BCUT2D eigenvalue weighted by molar-refractivity contribution is 0.607. The van der Waals surface area contributed by atoms with Gasteiger partial charge in [0.25, 0.3) is 0 Å². The molecule has 0 amide bonds. The predicted octanol–water partition coefficient (Wildman–Crippen LogP) is 1.76. The number of nitrogens with zero attached hydrogens (tertiary/aromatic N) is 1. The summed E-state index contributed by atoms with van der Waals surface area (Å²) in [5.74, 6) is 0. The number of sulfonamides is 1. The molecule has 0 saturated heterocycles. The maximum atomic E-state index is 11.0. The normalized spacial score (nSPS) is 11.4. The van der Waals surface area contributed by atoms with Gasteiger partial charge in [0.15, 0.2) is 5.13 Å². The lowest BCUT2D eigenvalue weighted by atomic mass is 10.2. The predicted molar refractivity (Wildman–Crippen MR) is 70.4 cm³/mol. The second-order valence-corrected chi connectivity index (χ2v) is 6.14. The van der Waals surface area contributed by atoms with Crippen molar-refractivity contribution in [3.05, 3.63) is 29.6 Å². The van der Waals surface area contributed by atoms with Crippen LogP contribution >= 0.6 is 11.3 Å². The molecule has 0 atom stereocenters. The van der Waals surface area contributed by atoms with Crippen LogP contribution in [0.2, 0.25) is 0 Å². The molecule has 7 heteroatoms. The molecular weight excluding hydrogens is 258 g/mol. The highest BCUT2D eigenvalue weighted by atomic mass is 32.2.